The molecular formula is C54H53N3O. The lowest BCUT2D eigenvalue weighted by Gasteiger charge is -2.25. The van der Waals surface area contributed by atoms with E-state index in [0.717, 1.165) is 67.9 Å². The van der Waals surface area contributed by atoms with E-state index in [0.29, 0.717) is 16.7 Å². The van der Waals surface area contributed by atoms with Crippen molar-refractivity contribution >= 4 is 11.0 Å². The summed E-state index contributed by atoms with van der Waals surface area (Å²) in [7, 11) is 0. The van der Waals surface area contributed by atoms with Gasteiger partial charge in [0.1, 0.15) is 11.6 Å². The molecule has 2 aromatic heterocycles. The van der Waals surface area contributed by atoms with Gasteiger partial charge in [-0.2, -0.15) is 0 Å². The maximum absolute atomic E-state index is 11.8. The molecule has 0 aliphatic heterocycles. The summed E-state index contributed by atoms with van der Waals surface area (Å²) in [6.45, 7) is 2.26. The number of fused-ring (bicyclic) bond motifs is 1. The summed E-state index contributed by atoms with van der Waals surface area (Å²) in [5.74, 6) is -0.204. The molecule has 8 rings (SSSR count). The Balaban J connectivity index is 1.45. The summed E-state index contributed by atoms with van der Waals surface area (Å²) in [6, 6.07) is 45.9. The van der Waals surface area contributed by atoms with Gasteiger partial charge in [0.25, 0.3) is 0 Å². The number of benzene rings is 6. The summed E-state index contributed by atoms with van der Waals surface area (Å²) < 4.78 is 78.3. The number of hydrogen-bond donors (Lipinski definition) is 1. The van der Waals surface area contributed by atoms with Gasteiger partial charge in [-0.05, 0) is 115 Å². The smallest absolute Gasteiger partial charge is 0.149 e. The molecule has 8 aromatic rings. The Hall–Kier alpha value is -6.26. The molecule has 0 fully saturated rings. The molecule has 0 saturated heterocycles. The zero-order chi connectivity index (χ0) is 48.5. The quantitative estimate of drug-likeness (QED) is 0.183. The van der Waals surface area contributed by atoms with Crippen LogP contribution in [0.4, 0.5) is 0 Å². The number of nitrogens with zero attached hydrogens (tertiary/aromatic N) is 3. The van der Waals surface area contributed by atoms with Crippen LogP contribution in [0.15, 0.2) is 152 Å². The third kappa shape index (κ3) is 7.47. The molecule has 0 bridgehead atoms. The lowest BCUT2D eigenvalue weighted by molar-refractivity contribution is 0.475. The molecule has 0 radical (unpaired) electrons. The van der Waals surface area contributed by atoms with Crippen molar-refractivity contribution in [2.45, 2.75) is 78.3 Å². The van der Waals surface area contributed by atoms with Crippen molar-refractivity contribution in [3.8, 4) is 67.5 Å². The molecule has 0 saturated carbocycles. The Kier molecular flexibility index (Phi) is 7.31. The van der Waals surface area contributed by atoms with Crippen molar-refractivity contribution in [1.29, 1.82) is 0 Å². The third-order valence-electron chi connectivity index (χ3n) is 10.8. The number of pyridine rings is 1. The first kappa shape index (κ1) is 29.0. The molecule has 2 heterocycles. The fourth-order valence-electron chi connectivity index (χ4n) is 7.65. The largest absolute Gasteiger partial charge is 0.507 e. The van der Waals surface area contributed by atoms with E-state index in [1.54, 1.807) is 0 Å². The monoisotopic (exact) mass is 768 g/mol. The summed E-state index contributed by atoms with van der Waals surface area (Å²) in [5, 5.41) is 11.8. The number of rotatable bonds is 6. The Bertz CT molecular complexity index is 3080. The molecule has 0 aliphatic carbocycles. The highest BCUT2D eigenvalue weighted by molar-refractivity contribution is 5.97. The number of para-hydroxylation sites is 1. The Morgan fingerprint density at radius 1 is 0.517 bits per heavy atom. The van der Waals surface area contributed by atoms with Gasteiger partial charge in [0, 0.05) is 35.3 Å². The molecule has 4 heteroatoms. The molecule has 4 nitrogen and oxygen atoms in total. The predicted molar refractivity (Wildman–Crippen MR) is 244 cm³/mol. The van der Waals surface area contributed by atoms with Gasteiger partial charge in [0.05, 0.1) is 22.3 Å². The first-order chi connectivity index (χ1) is 31.3. The average molecular weight is 769 g/mol. The van der Waals surface area contributed by atoms with E-state index >= 15 is 0 Å². The minimum Gasteiger partial charge on any atom is -0.507 e. The van der Waals surface area contributed by atoms with Crippen molar-refractivity contribution in [2.24, 2.45) is 0 Å². The van der Waals surface area contributed by atoms with E-state index in [4.69, 9.17) is 22.3 Å². The molecule has 0 atom stereocenters. The zero-order valence-electron chi connectivity index (χ0n) is 42.7. The van der Waals surface area contributed by atoms with Crippen LogP contribution < -0.4 is 0 Å². The van der Waals surface area contributed by atoms with E-state index in [9.17, 15) is 5.11 Å². The number of phenolic OH excluding ortho intramolecular Hbond substituents is 1. The lowest BCUT2D eigenvalue weighted by atomic mass is 9.81. The molecule has 290 valence electrons. The van der Waals surface area contributed by atoms with Gasteiger partial charge < -0.3 is 5.11 Å². The SMILES string of the molecule is [2H]C([2H])([2H])C(c1ccc(O)c(-c2nc3c(-c4cc(-c5cc(-c6ccccc6)ccn5)cc(C(C)(C)C)c4)cccc3n2-c2ccc(-c3ccccc3)c(C(C)(C)C)c2)c1)(C([2H])([2H])[2H])C([2H])([2H])[2H]. The van der Waals surface area contributed by atoms with Crippen LogP contribution >= 0.6 is 0 Å². The van der Waals surface area contributed by atoms with Crippen molar-refractivity contribution in [3.63, 3.8) is 0 Å². The van der Waals surface area contributed by atoms with Crippen molar-refractivity contribution in [3.05, 3.63) is 168 Å². The third-order valence-corrected chi connectivity index (χ3v) is 10.8. The van der Waals surface area contributed by atoms with Gasteiger partial charge in [-0.25, -0.2) is 4.98 Å². The topological polar surface area (TPSA) is 50.9 Å². The van der Waals surface area contributed by atoms with Gasteiger partial charge >= 0.3 is 0 Å². The van der Waals surface area contributed by atoms with E-state index in [1.807, 2.05) is 83.6 Å². The highest BCUT2D eigenvalue weighted by Gasteiger charge is 2.26. The highest BCUT2D eigenvalue weighted by Crippen LogP contribution is 2.43. The molecule has 58 heavy (non-hydrogen) atoms. The second-order valence-corrected chi connectivity index (χ2v) is 17.1. The highest BCUT2D eigenvalue weighted by atomic mass is 16.3. The van der Waals surface area contributed by atoms with Crippen LogP contribution in [0.1, 0.15) is 91.1 Å². The molecule has 1 N–H and O–H groups in total. The van der Waals surface area contributed by atoms with Crippen LogP contribution in [0.2, 0.25) is 0 Å². The van der Waals surface area contributed by atoms with Gasteiger partial charge in [0.2, 0.25) is 0 Å². The molecule has 0 aliphatic rings. The minimum absolute atomic E-state index is 0.0442. The van der Waals surface area contributed by atoms with Gasteiger partial charge in [-0.15, -0.1) is 0 Å². The molecule has 0 spiro atoms. The van der Waals surface area contributed by atoms with Crippen LogP contribution in [0, 0.1) is 0 Å². The first-order valence-electron chi connectivity index (χ1n) is 24.0. The van der Waals surface area contributed by atoms with Gasteiger partial charge in [0.15, 0.2) is 0 Å². The predicted octanol–water partition coefficient (Wildman–Crippen LogP) is 14.4. The zero-order valence-corrected chi connectivity index (χ0v) is 33.7. The minimum atomic E-state index is -3.52. The second-order valence-electron chi connectivity index (χ2n) is 17.1. The number of phenols is 1. The summed E-state index contributed by atoms with van der Waals surface area (Å²) in [6.07, 6.45) is 1.81. The van der Waals surface area contributed by atoms with Gasteiger partial charge in [-0.1, -0.05) is 153 Å². The number of imidazole rings is 1. The molecule has 0 amide bonds. The molecular weight excluding hydrogens is 707 g/mol. The van der Waals surface area contributed by atoms with Crippen LogP contribution in [-0.2, 0) is 16.2 Å². The van der Waals surface area contributed by atoms with E-state index in [2.05, 4.69) is 96.1 Å². The Morgan fingerprint density at radius 2 is 1.22 bits per heavy atom. The lowest BCUT2D eigenvalue weighted by Crippen LogP contribution is -2.14. The fraction of sp³-hybridized carbons (Fsp3) is 0.222. The van der Waals surface area contributed by atoms with Crippen molar-refractivity contribution in [1.82, 2.24) is 14.5 Å². The summed E-state index contributed by atoms with van der Waals surface area (Å²) in [4.78, 5) is 10.1. The van der Waals surface area contributed by atoms with E-state index in [1.165, 1.54) is 6.07 Å². The maximum atomic E-state index is 11.8. The molecule has 6 aromatic carbocycles. The Labute approximate surface area is 356 Å². The van der Waals surface area contributed by atoms with Crippen LogP contribution in [0.3, 0.4) is 0 Å². The number of aromatic nitrogens is 3. The Morgan fingerprint density at radius 3 is 1.91 bits per heavy atom. The summed E-state index contributed by atoms with van der Waals surface area (Å²) in [5.41, 5.74) is 6.77. The van der Waals surface area contributed by atoms with Gasteiger partial charge in [-0.3, -0.25) is 9.55 Å². The van der Waals surface area contributed by atoms with Crippen LogP contribution in [0.25, 0.3) is 72.7 Å². The van der Waals surface area contributed by atoms with Crippen LogP contribution in [-0.4, -0.2) is 19.6 Å². The average Bonchev–Trinajstić information content (AvgIpc) is 3.65. The standard InChI is InChI=1S/C54H53N3O/c1-52(2,3)40-23-26-49(58)45(33-40)51-56-50-44(21-16-22-48(50)57(51)42-24-25-43(36-19-14-11-15-20-36)46(34-42)54(7,8)9)38-29-39(31-41(30-38)53(4,5)6)47-32-37(27-28-55-47)35-17-12-10-13-18-35/h10-34,58H,1-9H3/i1D3,2D3,3D3. The number of aromatic hydroxyl groups is 1. The number of hydrogen-bond acceptors (Lipinski definition) is 3. The normalized spacial score (nSPS) is 15.2. The van der Waals surface area contributed by atoms with E-state index < -0.39 is 31.5 Å². The van der Waals surface area contributed by atoms with Crippen molar-refractivity contribution in [2.75, 3.05) is 0 Å². The first-order valence-corrected chi connectivity index (χ1v) is 19.5. The summed E-state index contributed by atoms with van der Waals surface area (Å²) >= 11 is 0. The van der Waals surface area contributed by atoms with Crippen molar-refractivity contribution < 1.29 is 17.4 Å². The second kappa shape index (κ2) is 14.6. The van der Waals surface area contributed by atoms with Crippen LogP contribution in [0.5, 0.6) is 5.75 Å². The molecule has 0 unspecified atom stereocenters. The maximum Gasteiger partial charge on any atom is 0.149 e. The fourth-order valence-corrected chi connectivity index (χ4v) is 7.65. The van der Waals surface area contributed by atoms with E-state index in [-0.39, 0.29) is 28.0 Å².